The summed E-state index contributed by atoms with van der Waals surface area (Å²) in [5.74, 6) is -1.15. The van der Waals surface area contributed by atoms with Crippen molar-refractivity contribution in [3.05, 3.63) is 77.6 Å². The Hall–Kier alpha value is -4.54. The Morgan fingerprint density at radius 2 is 1.85 bits per heavy atom. The summed E-state index contributed by atoms with van der Waals surface area (Å²) < 4.78 is 60.7. The third kappa shape index (κ3) is 4.21. The second-order valence-corrected chi connectivity index (χ2v) is 9.54. The molecule has 2 aliphatic heterocycles. The predicted molar refractivity (Wildman–Crippen MR) is 139 cm³/mol. The summed E-state index contributed by atoms with van der Waals surface area (Å²) in [5, 5.41) is 0. The molecule has 0 unspecified atom stereocenters. The maximum atomic E-state index is 13.9. The molecule has 4 aromatic rings. The fourth-order valence-corrected chi connectivity index (χ4v) is 5.29. The molecule has 3 aromatic carbocycles. The van der Waals surface area contributed by atoms with Crippen LogP contribution in [0.15, 0.2) is 60.7 Å². The fourth-order valence-electron chi connectivity index (χ4n) is 5.29. The Kier molecular flexibility index (Phi) is 6.16. The average Bonchev–Trinajstić information content (AvgIpc) is 3.63. The first-order valence-corrected chi connectivity index (χ1v) is 12.7. The van der Waals surface area contributed by atoms with Crippen LogP contribution in [0.5, 0.6) is 11.5 Å². The number of aryl methyl sites for hydroxylation is 1. The molecule has 0 aliphatic carbocycles. The topological polar surface area (TPSA) is 82.9 Å². The maximum absolute atomic E-state index is 13.9. The summed E-state index contributed by atoms with van der Waals surface area (Å²) >= 11 is 0. The highest BCUT2D eigenvalue weighted by Crippen LogP contribution is 2.46. The Labute approximate surface area is 226 Å². The molecule has 0 saturated heterocycles. The summed E-state index contributed by atoms with van der Waals surface area (Å²) in [5.41, 5.74) is 3.14. The van der Waals surface area contributed by atoms with E-state index >= 15 is 0 Å². The maximum Gasteiger partial charge on any atom is 0.471 e. The van der Waals surface area contributed by atoms with Gasteiger partial charge in [0.15, 0.2) is 6.10 Å². The van der Waals surface area contributed by atoms with E-state index in [1.165, 1.54) is 18.2 Å². The van der Waals surface area contributed by atoms with Crippen LogP contribution in [0.2, 0.25) is 0 Å². The molecule has 6 rings (SSSR count). The molecule has 0 radical (unpaired) electrons. The molecule has 0 bridgehead atoms. The number of alkyl halides is 3. The molecule has 11 heteroatoms. The Morgan fingerprint density at radius 3 is 2.62 bits per heavy atom. The first kappa shape index (κ1) is 25.7. The number of carbonyl (C=O) groups is 2. The largest absolute Gasteiger partial charge is 0.489 e. The number of amides is 1. The summed E-state index contributed by atoms with van der Waals surface area (Å²) in [7, 11) is 0. The molecule has 1 aromatic heterocycles. The Bertz CT molecular complexity index is 1650. The summed E-state index contributed by atoms with van der Waals surface area (Å²) in [4.78, 5) is 29.9. The number of para-hydroxylation sites is 3. The van der Waals surface area contributed by atoms with Crippen LogP contribution in [0.4, 0.5) is 18.9 Å². The van der Waals surface area contributed by atoms with Crippen molar-refractivity contribution < 1.29 is 37.0 Å². The molecule has 0 N–H and O–H groups in total. The number of nitrogens with zero attached hydrogens (tertiary/aromatic N) is 3. The van der Waals surface area contributed by atoms with E-state index in [-0.39, 0.29) is 31.1 Å². The minimum Gasteiger partial charge on any atom is -0.489 e. The quantitative estimate of drug-likeness (QED) is 0.294. The van der Waals surface area contributed by atoms with Gasteiger partial charge in [0.05, 0.1) is 22.8 Å². The number of hydrogen-bond donors (Lipinski definition) is 0. The third-order valence-corrected chi connectivity index (χ3v) is 7.09. The van der Waals surface area contributed by atoms with Gasteiger partial charge in [0, 0.05) is 29.3 Å². The van der Waals surface area contributed by atoms with E-state index < -0.39 is 30.2 Å². The second-order valence-electron chi connectivity index (χ2n) is 9.54. The smallest absolute Gasteiger partial charge is 0.471 e. The highest BCUT2D eigenvalue weighted by atomic mass is 19.4. The molecule has 0 spiro atoms. The molecular weight excluding hydrogens is 527 g/mol. The van der Waals surface area contributed by atoms with Crippen LogP contribution in [-0.2, 0) is 14.3 Å². The van der Waals surface area contributed by atoms with E-state index in [4.69, 9.17) is 14.2 Å². The van der Waals surface area contributed by atoms with Crippen molar-refractivity contribution in [2.24, 2.45) is 0 Å². The highest BCUT2D eigenvalue weighted by Gasteiger charge is 2.48. The minimum absolute atomic E-state index is 0.0142. The van der Waals surface area contributed by atoms with Gasteiger partial charge >= 0.3 is 18.1 Å². The lowest BCUT2D eigenvalue weighted by molar-refractivity contribution is -0.171. The van der Waals surface area contributed by atoms with Crippen LogP contribution >= 0.6 is 0 Å². The number of imidazole rings is 1. The predicted octanol–water partition coefficient (Wildman–Crippen LogP) is 5.75. The van der Waals surface area contributed by atoms with Crippen molar-refractivity contribution in [2.75, 3.05) is 18.1 Å². The zero-order chi connectivity index (χ0) is 28.2. The molecule has 206 valence electrons. The van der Waals surface area contributed by atoms with Gasteiger partial charge in [-0.15, -0.1) is 0 Å². The minimum atomic E-state index is -5.14. The zero-order valence-corrected chi connectivity index (χ0v) is 21.6. The van der Waals surface area contributed by atoms with Gasteiger partial charge in [0.1, 0.15) is 30.5 Å². The second kappa shape index (κ2) is 9.58. The number of esters is 1. The summed E-state index contributed by atoms with van der Waals surface area (Å²) in [6, 6.07) is 15.9. The third-order valence-electron chi connectivity index (χ3n) is 7.09. The molecular formula is C29H24F3N3O5. The standard InChI is InChI=1S/C29H24F3N3O5/c1-3-26(36)40-25-15-38-24-13-17(11-12-19(24)25)35(28(37)29(30,31)32)23-14-39-27-18(23)7-6-10-22(27)34-16(2)33-20-8-4-5-9-21(20)34/h4-13,23,25H,3,14-15H2,1-2H3/t23-,25-/m1/s1. The van der Waals surface area contributed by atoms with Crippen molar-refractivity contribution in [3.8, 4) is 17.2 Å². The SMILES string of the molecule is CCC(=O)O[C@@H]1COc2cc(N(C(=O)C(F)(F)F)[C@@H]3COc4c3cccc4-n3c(C)nc4ccccc43)ccc21. The van der Waals surface area contributed by atoms with E-state index in [0.29, 0.717) is 33.3 Å². The van der Waals surface area contributed by atoms with Crippen molar-refractivity contribution in [3.63, 3.8) is 0 Å². The molecule has 1 amide bonds. The highest BCUT2D eigenvalue weighted by molar-refractivity contribution is 5.98. The lowest BCUT2D eigenvalue weighted by Crippen LogP contribution is -2.44. The van der Waals surface area contributed by atoms with Gasteiger partial charge < -0.3 is 14.2 Å². The Morgan fingerprint density at radius 1 is 1.05 bits per heavy atom. The number of anilines is 1. The van der Waals surface area contributed by atoms with Crippen LogP contribution in [0, 0.1) is 6.92 Å². The van der Waals surface area contributed by atoms with Gasteiger partial charge in [-0.2, -0.15) is 13.2 Å². The van der Waals surface area contributed by atoms with Gasteiger partial charge in [-0.25, -0.2) is 4.98 Å². The van der Waals surface area contributed by atoms with Crippen molar-refractivity contribution in [1.29, 1.82) is 0 Å². The molecule has 8 nitrogen and oxygen atoms in total. The molecule has 40 heavy (non-hydrogen) atoms. The number of halogens is 3. The van der Waals surface area contributed by atoms with Crippen LogP contribution in [0.3, 0.4) is 0 Å². The number of aromatic nitrogens is 2. The lowest BCUT2D eigenvalue weighted by atomic mass is 10.0. The van der Waals surface area contributed by atoms with Crippen LogP contribution in [0.1, 0.15) is 42.4 Å². The monoisotopic (exact) mass is 551 g/mol. The van der Waals surface area contributed by atoms with E-state index in [9.17, 15) is 22.8 Å². The lowest BCUT2D eigenvalue weighted by Gasteiger charge is -2.29. The summed E-state index contributed by atoms with van der Waals surface area (Å²) in [6.45, 7) is 3.34. The van der Waals surface area contributed by atoms with E-state index in [1.54, 1.807) is 25.1 Å². The van der Waals surface area contributed by atoms with E-state index in [2.05, 4.69) is 4.98 Å². The van der Waals surface area contributed by atoms with Crippen molar-refractivity contribution >= 4 is 28.6 Å². The number of fused-ring (bicyclic) bond motifs is 3. The average molecular weight is 552 g/mol. The number of carbonyl (C=O) groups excluding carboxylic acids is 2. The Balaban J connectivity index is 1.42. The zero-order valence-electron chi connectivity index (χ0n) is 21.6. The van der Waals surface area contributed by atoms with Gasteiger partial charge in [0.2, 0.25) is 0 Å². The molecule has 0 fully saturated rings. The normalized spacial score (nSPS) is 17.6. The van der Waals surface area contributed by atoms with Gasteiger partial charge in [-0.05, 0) is 37.3 Å². The van der Waals surface area contributed by atoms with E-state index in [0.717, 1.165) is 11.0 Å². The van der Waals surface area contributed by atoms with E-state index in [1.807, 2.05) is 35.8 Å². The number of rotatable bonds is 5. The molecule has 2 aliphatic rings. The molecule has 0 saturated carbocycles. The number of benzene rings is 3. The van der Waals surface area contributed by atoms with Crippen molar-refractivity contribution in [2.45, 2.75) is 38.6 Å². The van der Waals surface area contributed by atoms with Crippen LogP contribution in [-0.4, -0.2) is 40.8 Å². The van der Waals surface area contributed by atoms with Gasteiger partial charge in [0.25, 0.3) is 0 Å². The fraction of sp³-hybridized carbons (Fsp3) is 0.276. The van der Waals surface area contributed by atoms with Gasteiger partial charge in [-0.1, -0.05) is 31.2 Å². The van der Waals surface area contributed by atoms with Gasteiger partial charge in [-0.3, -0.25) is 19.1 Å². The van der Waals surface area contributed by atoms with Crippen LogP contribution in [0.25, 0.3) is 16.7 Å². The first-order chi connectivity index (χ1) is 19.2. The number of ether oxygens (including phenoxy) is 3. The summed E-state index contributed by atoms with van der Waals surface area (Å²) in [6.07, 6.45) is -5.64. The first-order valence-electron chi connectivity index (χ1n) is 12.7. The molecule has 3 heterocycles. The number of hydrogen-bond acceptors (Lipinski definition) is 6. The van der Waals surface area contributed by atoms with Crippen molar-refractivity contribution in [1.82, 2.24) is 9.55 Å². The molecule has 2 atom stereocenters. The van der Waals surface area contributed by atoms with Crippen LogP contribution < -0.4 is 14.4 Å².